The molecular weight excluding hydrogens is 310 g/mol. The first kappa shape index (κ1) is 16.0. The lowest BCUT2D eigenvalue weighted by Crippen LogP contribution is -2.35. The Labute approximate surface area is 140 Å². The van der Waals surface area contributed by atoms with Gasteiger partial charge in [-0.3, -0.25) is 4.79 Å². The first-order valence-electron chi connectivity index (χ1n) is 7.83. The first-order chi connectivity index (χ1) is 11.0. The Morgan fingerprint density at radius 1 is 1.39 bits per heavy atom. The molecule has 1 atom stereocenters. The molecule has 1 aliphatic rings. The predicted molar refractivity (Wildman–Crippen MR) is 89.7 cm³/mol. The fourth-order valence-electron chi connectivity index (χ4n) is 2.43. The van der Waals surface area contributed by atoms with Gasteiger partial charge < -0.3 is 5.32 Å². The van der Waals surface area contributed by atoms with Crippen LogP contribution in [0, 0.1) is 19.8 Å². The number of carbonyl (C=O) groups is 1. The lowest BCUT2D eigenvalue weighted by molar-refractivity contribution is -0.119. The van der Waals surface area contributed by atoms with E-state index in [0.29, 0.717) is 16.8 Å². The van der Waals surface area contributed by atoms with E-state index in [9.17, 15) is 4.79 Å². The van der Waals surface area contributed by atoms with Crippen LogP contribution >= 0.6 is 11.8 Å². The zero-order valence-corrected chi connectivity index (χ0v) is 14.4. The molecule has 3 rings (SSSR count). The molecule has 1 saturated carbocycles. The molecule has 1 aromatic carbocycles. The van der Waals surface area contributed by atoms with Crippen LogP contribution in [0.3, 0.4) is 0 Å². The van der Waals surface area contributed by atoms with Crippen LogP contribution in [0.4, 0.5) is 0 Å². The van der Waals surface area contributed by atoms with E-state index in [1.54, 1.807) is 4.68 Å². The van der Waals surface area contributed by atoms with Gasteiger partial charge in [-0.2, -0.15) is 4.68 Å². The zero-order chi connectivity index (χ0) is 16.4. The molecule has 1 fully saturated rings. The van der Waals surface area contributed by atoms with Gasteiger partial charge in [0.1, 0.15) is 0 Å². The summed E-state index contributed by atoms with van der Waals surface area (Å²) in [5.41, 5.74) is 3.32. The molecule has 0 saturated heterocycles. The second-order valence-corrected chi connectivity index (χ2v) is 7.07. The van der Waals surface area contributed by atoms with Crippen LogP contribution in [0.5, 0.6) is 0 Å². The SMILES string of the molecule is Cc1ccc(-n2nnnc2SCC(=O)N[C@H](C)C2CC2)cc1C. The van der Waals surface area contributed by atoms with E-state index < -0.39 is 0 Å². The van der Waals surface area contributed by atoms with Gasteiger partial charge in [0.15, 0.2) is 0 Å². The van der Waals surface area contributed by atoms with E-state index in [4.69, 9.17) is 0 Å². The summed E-state index contributed by atoms with van der Waals surface area (Å²) in [4.78, 5) is 12.0. The number of hydrogen-bond acceptors (Lipinski definition) is 5. The number of thioether (sulfide) groups is 1. The number of amides is 1. The van der Waals surface area contributed by atoms with E-state index in [2.05, 4.69) is 41.6 Å². The minimum atomic E-state index is 0.0315. The molecule has 0 radical (unpaired) electrons. The quantitative estimate of drug-likeness (QED) is 0.822. The lowest BCUT2D eigenvalue weighted by atomic mass is 10.1. The highest BCUT2D eigenvalue weighted by Crippen LogP contribution is 2.32. The van der Waals surface area contributed by atoms with Crippen molar-refractivity contribution >= 4 is 17.7 Å². The maximum Gasteiger partial charge on any atom is 0.230 e. The van der Waals surface area contributed by atoms with E-state index in [0.717, 1.165) is 5.69 Å². The molecule has 1 heterocycles. The second kappa shape index (κ2) is 6.70. The van der Waals surface area contributed by atoms with Gasteiger partial charge in [-0.25, -0.2) is 0 Å². The highest BCUT2D eigenvalue weighted by atomic mass is 32.2. The summed E-state index contributed by atoms with van der Waals surface area (Å²) in [5, 5.41) is 15.5. The van der Waals surface area contributed by atoms with Crippen molar-refractivity contribution < 1.29 is 4.79 Å². The Balaban J connectivity index is 1.63. The molecule has 1 aliphatic carbocycles. The highest BCUT2D eigenvalue weighted by Gasteiger charge is 2.28. The average Bonchev–Trinajstić information content (AvgIpc) is 3.27. The van der Waals surface area contributed by atoms with Crippen LogP contribution in [-0.4, -0.2) is 37.9 Å². The molecule has 0 unspecified atom stereocenters. The summed E-state index contributed by atoms with van der Waals surface area (Å²) in [6.07, 6.45) is 2.44. The van der Waals surface area contributed by atoms with Crippen LogP contribution in [0.25, 0.3) is 5.69 Å². The van der Waals surface area contributed by atoms with Crippen molar-refractivity contribution in [1.82, 2.24) is 25.5 Å². The fourth-order valence-corrected chi connectivity index (χ4v) is 3.13. The van der Waals surface area contributed by atoms with Gasteiger partial charge >= 0.3 is 0 Å². The van der Waals surface area contributed by atoms with Gasteiger partial charge in [0, 0.05) is 6.04 Å². The number of nitrogens with zero attached hydrogens (tertiary/aromatic N) is 4. The van der Waals surface area contributed by atoms with E-state index in [-0.39, 0.29) is 11.9 Å². The fraction of sp³-hybridized carbons (Fsp3) is 0.500. The number of aromatic nitrogens is 4. The van der Waals surface area contributed by atoms with Crippen molar-refractivity contribution in [3.8, 4) is 5.69 Å². The molecule has 23 heavy (non-hydrogen) atoms. The summed E-state index contributed by atoms with van der Waals surface area (Å²) in [6, 6.07) is 6.34. The van der Waals surface area contributed by atoms with Crippen molar-refractivity contribution in [2.75, 3.05) is 5.75 Å². The van der Waals surface area contributed by atoms with E-state index >= 15 is 0 Å². The smallest absolute Gasteiger partial charge is 0.230 e. The summed E-state index contributed by atoms with van der Waals surface area (Å²) in [6.45, 7) is 6.20. The third-order valence-corrected chi connectivity index (χ3v) is 5.15. The minimum Gasteiger partial charge on any atom is -0.353 e. The van der Waals surface area contributed by atoms with E-state index in [1.807, 2.05) is 18.2 Å². The first-order valence-corrected chi connectivity index (χ1v) is 8.81. The van der Waals surface area contributed by atoms with Gasteiger partial charge in [-0.15, -0.1) is 5.10 Å². The number of tetrazole rings is 1. The summed E-state index contributed by atoms with van der Waals surface area (Å²) >= 11 is 1.36. The largest absolute Gasteiger partial charge is 0.353 e. The van der Waals surface area contributed by atoms with Gasteiger partial charge in [-0.05, 0) is 73.2 Å². The number of carbonyl (C=O) groups excluding carboxylic acids is 1. The molecule has 0 aliphatic heterocycles. The van der Waals surface area contributed by atoms with Crippen LogP contribution in [0.15, 0.2) is 23.4 Å². The summed E-state index contributed by atoms with van der Waals surface area (Å²) < 4.78 is 1.68. The van der Waals surface area contributed by atoms with Crippen LogP contribution in [0.2, 0.25) is 0 Å². The Hall–Kier alpha value is -1.89. The van der Waals surface area contributed by atoms with Crippen LogP contribution in [-0.2, 0) is 4.79 Å². The predicted octanol–water partition coefficient (Wildman–Crippen LogP) is 2.29. The minimum absolute atomic E-state index is 0.0315. The molecule has 1 N–H and O–H groups in total. The molecule has 6 nitrogen and oxygen atoms in total. The maximum atomic E-state index is 12.0. The van der Waals surface area contributed by atoms with Crippen molar-refractivity contribution in [2.45, 2.75) is 44.8 Å². The molecule has 0 bridgehead atoms. The van der Waals surface area contributed by atoms with Gasteiger partial charge in [0.2, 0.25) is 11.1 Å². The molecule has 2 aromatic rings. The molecule has 0 spiro atoms. The van der Waals surface area contributed by atoms with Crippen LogP contribution in [0.1, 0.15) is 30.9 Å². The number of rotatable bonds is 6. The van der Waals surface area contributed by atoms with Gasteiger partial charge in [-0.1, -0.05) is 17.8 Å². The Kier molecular flexibility index (Phi) is 4.66. The summed E-state index contributed by atoms with van der Waals surface area (Å²) in [7, 11) is 0. The Bertz CT molecular complexity index is 710. The lowest BCUT2D eigenvalue weighted by Gasteiger charge is -2.12. The molecule has 7 heteroatoms. The molecule has 1 amide bonds. The Morgan fingerprint density at radius 2 is 2.17 bits per heavy atom. The second-order valence-electron chi connectivity index (χ2n) is 6.12. The molecule has 1 aromatic heterocycles. The van der Waals surface area contributed by atoms with Gasteiger partial charge in [0.05, 0.1) is 11.4 Å². The normalized spacial score (nSPS) is 15.4. The van der Waals surface area contributed by atoms with E-state index in [1.165, 1.54) is 35.7 Å². The van der Waals surface area contributed by atoms with Crippen LogP contribution < -0.4 is 5.32 Å². The van der Waals surface area contributed by atoms with Crippen molar-refractivity contribution in [1.29, 1.82) is 0 Å². The summed E-state index contributed by atoms with van der Waals surface area (Å²) in [5.74, 6) is 1.01. The Morgan fingerprint density at radius 3 is 2.87 bits per heavy atom. The zero-order valence-electron chi connectivity index (χ0n) is 13.6. The maximum absolute atomic E-state index is 12.0. The van der Waals surface area contributed by atoms with Gasteiger partial charge in [0.25, 0.3) is 0 Å². The number of aryl methyl sites for hydroxylation is 2. The van der Waals surface area contributed by atoms with Crippen molar-refractivity contribution in [2.24, 2.45) is 5.92 Å². The standard InChI is InChI=1S/C16H21N5OS/c1-10-4-7-14(8-11(10)2)21-16(18-19-20-21)23-9-15(22)17-12(3)13-5-6-13/h4,7-8,12-13H,5-6,9H2,1-3H3,(H,17,22)/t12-/m1/s1. The monoisotopic (exact) mass is 331 g/mol. The molecular formula is C16H21N5OS. The highest BCUT2D eigenvalue weighted by molar-refractivity contribution is 7.99. The third kappa shape index (κ3) is 3.90. The average molecular weight is 331 g/mol. The third-order valence-electron chi connectivity index (χ3n) is 4.23. The van der Waals surface area contributed by atoms with Crippen molar-refractivity contribution in [3.05, 3.63) is 29.3 Å². The topological polar surface area (TPSA) is 72.7 Å². The van der Waals surface area contributed by atoms with Crippen molar-refractivity contribution in [3.63, 3.8) is 0 Å². The molecule has 122 valence electrons. The number of benzene rings is 1. The number of hydrogen-bond donors (Lipinski definition) is 1. The number of nitrogens with one attached hydrogen (secondary N) is 1.